The zero-order chi connectivity index (χ0) is 25.5. The van der Waals surface area contributed by atoms with Crippen molar-refractivity contribution in [3.8, 4) is 11.7 Å². The number of aromatic nitrogens is 3. The second-order valence-corrected chi connectivity index (χ2v) is 10.1. The molecule has 0 fully saturated rings. The van der Waals surface area contributed by atoms with Crippen molar-refractivity contribution in [1.82, 2.24) is 14.1 Å². The van der Waals surface area contributed by atoms with Crippen molar-refractivity contribution in [3.05, 3.63) is 127 Å². The highest BCUT2D eigenvalue weighted by Crippen LogP contribution is 2.42. The fraction of sp³-hybridized carbons (Fsp3) is 0. The van der Waals surface area contributed by atoms with Gasteiger partial charge in [-0.25, -0.2) is 0 Å². The van der Waals surface area contributed by atoms with Gasteiger partial charge in [-0.2, -0.15) is 4.98 Å². The van der Waals surface area contributed by atoms with Crippen LogP contribution in [0.25, 0.3) is 77.2 Å². The normalized spacial score (nSPS) is 12.1. The molecule has 0 spiro atoms. The molecule has 3 heterocycles. The summed E-state index contributed by atoms with van der Waals surface area (Å²) in [4.78, 5) is 4.95. The molecule has 9 rings (SSSR count). The number of para-hydroxylation sites is 4. The van der Waals surface area contributed by atoms with Crippen LogP contribution in [0.1, 0.15) is 0 Å². The van der Waals surface area contributed by atoms with Crippen molar-refractivity contribution >= 4 is 65.5 Å². The Hall–Kier alpha value is -5.35. The first kappa shape index (κ1) is 20.7. The molecule has 182 valence electrons. The van der Waals surface area contributed by atoms with E-state index in [4.69, 9.17) is 9.40 Å². The Balaban J connectivity index is 1.56. The Labute approximate surface area is 222 Å². The van der Waals surface area contributed by atoms with Crippen LogP contribution in [-0.4, -0.2) is 14.1 Å². The second-order valence-electron chi connectivity index (χ2n) is 10.1. The average molecular weight is 500 g/mol. The van der Waals surface area contributed by atoms with E-state index < -0.39 is 0 Å². The van der Waals surface area contributed by atoms with Crippen molar-refractivity contribution in [2.45, 2.75) is 0 Å². The third kappa shape index (κ3) is 2.80. The number of hydrogen-bond acceptors (Lipinski definition) is 2. The van der Waals surface area contributed by atoms with Gasteiger partial charge in [-0.3, -0.25) is 4.57 Å². The lowest BCUT2D eigenvalue weighted by atomic mass is 10.1. The summed E-state index contributed by atoms with van der Waals surface area (Å²) in [5.41, 5.74) is 7.22. The predicted molar refractivity (Wildman–Crippen MR) is 160 cm³/mol. The van der Waals surface area contributed by atoms with Crippen molar-refractivity contribution in [2.75, 3.05) is 0 Å². The van der Waals surface area contributed by atoms with Crippen LogP contribution in [-0.2, 0) is 0 Å². The van der Waals surface area contributed by atoms with Gasteiger partial charge in [-0.15, -0.1) is 0 Å². The Morgan fingerprint density at radius 1 is 0.487 bits per heavy atom. The molecular formula is C35H21N3O. The predicted octanol–water partition coefficient (Wildman–Crippen LogP) is 9.18. The monoisotopic (exact) mass is 499 g/mol. The number of hydrogen-bond donors (Lipinski definition) is 0. The van der Waals surface area contributed by atoms with Crippen molar-refractivity contribution in [3.63, 3.8) is 0 Å². The van der Waals surface area contributed by atoms with E-state index in [1.165, 1.54) is 37.8 Å². The standard InChI is InChI=1S/C35H21N3O/c1-2-12-24(13-3-1)37-31-21-23-11-5-4-10-22(23)20-28(31)27-19-18-26-25-14-6-8-16-30(25)38(34(26)33(27)37)35-36-29-15-7-9-17-32(29)39-35/h1-21H. The van der Waals surface area contributed by atoms with E-state index in [9.17, 15) is 0 Å². The van der Waals surface area contributed by atoms with Crippen LogP contribution >= 0.6 is 0 Å². The summed E-state index contributed by atoms with van der Waals surface area (Å²) in [7, 11) is 0. The highest BCUT2D eigenvalue weighted by atomic mass is 16.4. The number of fused-ring (bicyclic) bond motifs is 9. The van der Waals surface area contributed by atoms with E-state index in [0.717, 1.165) is 33.3 Å². The summed E-state index contributed by atoms with van der Waals surface area (Å²) in [5, 5.41) is 7.23. The Bertz CT molecular complexity index is 2360. The molecule has 3 aromatic heterocycles. The molecule has 4 nitrogen and oxygen atoms in total. The third-order valence-corrected chi connectivity index (χ3v) is 7.92. The molecule has 0 bridgehead atoms. The van der Waals surface area contributed by atoms with Gasteiger partial charge in [0, 0.05) is 27.2 Å². The first-order valence-electron chi connectivity index (χ1n) is 13.2. The highest BCUT2D eigenvalue weighted by molar-refractivity contribution is 6.24. The number of oxazole rings is 1. The van der Waals surface area contributed by atoms with E-state index in [0.29, 0.717) is 6.01 Å². The summed E-state index contributed by atoms with van der Waals surface area (Å²) in [6.45, 7) is 0. The van der Waals surface area contributed by atoms with Crippen LogP contribution in [0.5, 0.6) is 0 Å². The molecule has 0 radical (unpaired) electrons. The summed E-state index contributed by atoms with van der Waals surface area (Å²) >= 11 is 0. The van der Waals surface area contributed by atoms with Crippen molar-refractivity contribution in [1.29, 1.82) is 0 Å². The molecule has 0 aliphatic carbocycles. The molecule has 6 aromatic carbocycles. The first-order valence-corrected chi connectivity index (χ1v) is 13.2. The molecule has 0 N–H and O–H groups in total. The largest absolute Gasteiger partial charge is 0.423 e. The van der Waals surface area contributed by atoms with Crippen LogP contribution in [0.2, 0.25) is 0 Å². The molecule has 0 amide bonds. The SMILES string of the molecule is c1ccc(-n2c3cc4ccccc4cc3c3ccc4c5ccccc5n(-c5nc6ccccc6o5)c4c32)cc1. The number of rotatable bonds is 2. The fourth-order valence-electron chi connectivity index (χ4n) is 6.23. The Morgan fingerprint density at radius 3 is 2.00 bits per heavy atom. The minimum absolute atomic E-state index is 0.574. The molecule has 0 aliphatic heterocycles. The van der Waals surface area contributed by atoms with Gasteiger partial charge in [0.05, 0.1) is 22.1 Å². The van der Waals surface area contributed by atoms with Crippen molar-refractivity contribution < 1.29 is 4.42 Å². The van der Waals surface area contributed by atoms with E-state index in [1.807, 2.05) is 24.3 Å². The lowest BCUT2D eigenvalue weighted by Crippen LogP contribution is -1.98. The van der Waals surface area contributed by atoms with Crippen LogP contribution in [0.15, 0.2) is 132 Å². The third-order valence-electron chi connectivity index (χ3n) is 7.92. The Morgan fingerprint density at radius 2 is 1.15 bits per heavy atom. The van der Waals surface area contributed by atoms with E-state index in [2.05, 4.69) is 112 Å². The number of nitrogens with zero attached hydrogens (tertiary/aromatic N) is 3. The minimum Gasteiger partial charge on any atom is -0.423 e. The van der Waals surface area contributed by atoms with E-state index in [-0.39, 0.29) is 0 Å². The van der Waals surface area contributed by atoms with Gasteiger partial charge in [-0.1, -0.05) is 84.9 Å². The van der Waals surface area contributed by atoms with Crippen LogP contribution in [0.4, 0.5) is 0 Å². The zero-order valence-electron chi connectivity index (χ0n) is 20.9. The summed E-state index contributed by atoms with van der Waals surface area (Å²) in [5.74, 6) is 0. The van der Waals surface area contributed by atoms with Crippen LogP contribution in [0, 0.1) is 0 Å². The summed E-state index contributed by atoms with van der Waals surface area (Å²) < 4.78 is 11.0. The second kappa shape index (κ2) is 7.59. The molecule has 0 atom stereocenters. The van der Waals surface area contributed by atoms with Crippen LogP contribution < -0.4 is 0 Å². The van der Waals surface area contributed by atoms with Gasteiger partial charge in [0.25, 0.3) is 0 Å². The highest BCUT2D eigenvalue weighted by Gasteiger charge is 2.23. The lowest BCUT2D eigenvalue weighted by molar-refractivity contribution is 0.574. The zero-order valence-corrected chi connectivity index (χ0v) is 20.9. The van der Waals surface area contributed by atoms with E-state index in [1.54, 1.807) is 0 Å². The molecular weight excluding hydrogens is 478 g/mol. The molecule has 9 aromatic rings. The topological polar surface area (TPSA) is 35.9 Å². The van der Waals surface area contributed by atoms with Gasteiger partial charge in [0.1, 0.15) is 5.52 Å². The maximum absolute atomic E-state index is 6.40. The first-order chi connectivity index (χ1) is 19.3. The van der Waals surface area contributed by atoms with Gasteiger partial charge < -0.3 is 8.98 Å². The smallest absolute Gasteiger partial charge is 0.307 e. The van der Waals surface area contributed by atoms with Gasteiger partial charge >= 0.3 is 6.01 Å². The quantitative estimate of drug-likeness (QED) is 0.238. The van der Waals surface area contributed by atoms with Gasteiger partial charge in [0.2, 0.25) is 0 Å². The molecule has 39 heavy (non-hydrogen) atoms. The molecule has 0 unspecified atom stereocenters. The van der Waals surface area contributed by atoms with Gasteiger partial charge in [0.15, 0.2) is 5.58 Å². The minimum atomic E-state index is 0.574. The van der Waals surface area contributed by atoms with Crippen molar-refractivity contribution in [2.24, 2.45) is 0 Å². The fourth-order valence-corrected chi connectivity index (χ4v) is 6.23. The molecule has 4 heteroatoms. The average Bonchev–Trinajstić information content (AvgIpc) is 3.66. The summed E-state index contributed by atoms with van der Waals surface area (Å²) in [6.07, 6.45) is 0. The summed E-state index contributed by atoms with van der Waals surface area (Å²) in [6, 6.07) is 45.4. The van der Waals surface area contributed by atoms with Crippen LogP contribution in [0.3, 0.4) is 0 Å². The molecule has 0 aliphatic rings. The van der Waals surface area contributed by atoms with E-state index >= 15 is 0 Å². The van der Waals surface area contributed by atoms with Gasteiger partial charge in [-0.05, 0) is 53.2 Å². The lowest BCUT2D eigenvalue weighted by Gasteiger charge is -2.10. The molecule has 0 saturated heterocycles. The molecule has 0 saturated carbocycles. The maximum Gasteiger partial charge on any atom is 0.307 e. The Kier molecular flexibility index (Phi) is 4.02. The number of benzene rings is 6. The maximum atomic E-state index is 6.40.